The van der Waals surface area contributed by atoms with Gasteiger partial charge >= 0.3 is 6.03 Å². The second-order valence-corrected chi connectivity index (χ2v) is 5.89. The third-order valence-electron chi connectivity index (χ3n) is 3.51. The molecule has 0 spiro atoms. The predicted molar refractivity (Wildman–Crippen MR) is 89.8 cm³/mol. The molecular formula is C14H19N7OS. The lowest BCUT2D eigenvalue weighted by molar-refractivity contribution is 0.195. The number of carbonyl (C=O) groups is 1. The molecule has 1 fully saturated rings. The van der Waals surface area contributed by atoms with Crippen LogP contribution in [0.15, 0.2) is 30.0 Å². The fraction of sp³-hybridized carbons (Fsp3) is 0.429. The van der Waals surface area contributed by atoms with Crippen molar-refractivity contribution in [3.05, 3.63) is 30.0 Å². The molecule has 1 aliphatic heterocycles. The Morgan fingerprint density at radius 2 is 1.87 bits per heavy atom. The smallest absolute Gasteiger partial charge is 0.317 e. The van der Waals surface area contributed by atoms with Crippen LogP contribution in [0.5, 0.6) is 0 Å². The van der Waals surface area contributed by atoms with Gasteiger partial charge in [-0.25, -0.2) is 19.7 Å². The second kappa shape index (κ2) is 7.73. The topological polar surface area (TPSA) is 86.3 Å². The number of hydrogen-bond donors (Lipinski definition) is 2. The molecule has 3 rings (SSSR count). The fourth-order valence-corrected chi connectivity index (χ4v) is 3.02. The lowest BCUT2D eigenvalue weighted by atomic mass is 10.3. The van der Waals surface area contributed by atoms with Crippen LogP contribution >= 0.6 is 11.3 Å². The molecular weight excluding hydrogens is 314 g/mol. The summed E-state index contributed by atoms with van der Waals surface area (Å²) >= 11 is 1.63. The van der Waals surface area contributed by atoms with Gasteiger partial charge in [0, 0.05) is 63.2 Å². The number of anilines is 2. The van der Waals surface area contributed by atoms with Gasteiger partial charge in [0.05, 0.1) is 0 Å². The number of thiazole rings is 1. The highest BCUT2D eigenvalue weighted by molar-refractivity contribution is 7.13. The van der Waals surface area contributed by atoms with E-state index in [4.69, 9.17) is 0 Å². The van der Waals surface area contributed by atoms with Crippen LogP contribution in [0, 0.1) is 0 Å². The summed E-state index contributed by atoms with van der Waals surface area (Å²) in [6, 6.07) is 1.73. The number of nitrogens with one attached hydrogen (secondary N) is 2. The monoisotopic (exact) mass is 333 g/mol. The van der Waals surface area contributed by atoms with Crippen molar-refractivity contribution in [3.8, 4) is 0 Å². The van der Waals surface area contributed by atoms with Crippen molar-refractivity contribution in [3.63, 3.8) is 0 Å². The van der Waals surface area contributed by atoms with Crippen molar-refractivity contribution in [2.45, 2.75) is 0 Å². The fourth-order valence-electron chi connectivity index (χ4n) is 2.32. The van der Waals surface area contributed by atoms with Crippen molar-refractivity contribution in [1.29, 1.82) is 0 Å². The Kier molecular flexibility index (Phi) is 5.20. The lowest BCUT2D eigenvalue weighted by Gasteiger charge is -2.34. The van der Waals surface area contributed by atoms with Gasteiger partial charge in [-0.15, -0.1) is 11.3 Å². The Morgan fingerprint density at radius 1 is 1.09 bits per heavy atom. The Hall–Kier alpha value is -2.42. The van der Waals surface area contributed by atoms with Crippen molar-refractivity contribution in [2.24, 2.45) is 0 Å². The maximum atomic E-state index is 12.1. The van der Waals surface area contributed by atoms with Crippen molar-refractivity contribution in [2.75, 3.05) is 49.5 Å². The van der Waals surface area contributed by atoms with Crippen LogP contribution in [0.2, 0.25) is 0 Å². The number of hydrogen-bond acceptors (Lipinski definition) is 7. The van der Waals surface area contributed by atoms with Crippen molar-refractivity contribution < 1.29 is 4.79 Å². The molecule has 3 heterocycles. The average Bonchev–Trinajstić information content (AvgIpc) is 3.14. The molecule has 1 saturated heterocycles. The Bertz CT molecular complexity index is 599. The maximum Gasteiger partial charge on any atom is 0.317 e. The van der Waals surface area contributed by atoms with Gasteiger partial charge in [0.2, 0.25) is 5.95 Å². The van der Waals surface area contributed by atoms with Gasteiger partial charge < -0.3 is 20.4 Å². The first-order valence-corrected chi connectivity index (χ1v) is 8.39. The van der Waals surface area contributed by atoms with Crippen molar-refractivity contribution in [1.82, 2.24) is 25.2 Å². The molecule has 0 unspecified atom stereocenters. The third kappa shape index (κ3) is 4.28. The number of aromatic nitrogens is 3. The van der Waals surface area contributed by atoms with E-state index in [0.717, 1.165) is 18.2 Å². The van der Waals surface area contributed by atoms with E-state index in [9.17, 15) is 4.79 Å². The van der Waals surface area contributed by atoms with Crippen LogP contribution in [0.4, 0.5) is 15.9 Å². The zero-order chi connectivity index (χ0) is 15.9. The van der Waals surface area contributed by atoms with Crippen molar-refractivity contribution >= 4 is 28.4 Å². The molecule has 8 nitrogen and oxygen atoms in total. The van der Waals surface area contributed by atoms with Gasteiger partial charge in [-0.05, 0) is 6.07 Å². The van der Waals surface area contributed by atoms with Gasteiger partial charge in [-0.3, -0.25) is 0 Å². The van der Waals surface area contributed by atoms with Gasteiger partial charge in [0.15, 0.2) is 5.13 Å². The molecule has 0 bridgehead atoms. The van der Waals surface area contributed by atoms with E-state index in [2.05, 4.69) is 30.5 Å². The standard InChI is InChI=1S/C14H19N7OS/c22-13(18-5-4-17-12-15-2-1-3-16-12)20-7-9-21(10-8-20)14-19-6-11-23-14/h1-3,6,11H,4-5,7-10H2,(H,18,22)(H,15,16,17). The summed E-state index contributed by atoms with van der Waals surface area (Å²) in [5, 5.41) is 8.96. The number of piperazine rings is 1. The minimum absolute atomic E-state index is 0.0282. The average molecular weight is 333 g/mol. The molecule has 122 valence electrons. The van der Waals surface area contributed by atoms with Gasteiger partial charge in [0.1, 0.15) is 0 Å². The first-order chi connectivity index (χ1) is 11.3. The first-order valence-electron chi connectivity index (χ1n) is 7.51. The van der Waals surface area contributed by atoms with E-state index in [0.29, 0.717) is 32.1 Å². The third-order valence-corrected chi connectivity index (χ3v) is 4.34. The zero-order valence-electron chi connectivity index (χ0n) is 12.7. The maximum absolute atomic E-state index is 12.1. The second-order valence-electron chi connectivity index (χ2n) is 5.02. The highest BCUT2D eigenvalue weighted by atomic mass is 32.1. The van der Waals surface area contributed by atoms with Gasteiger partial charge in [-0.1, -0.05) is 0 Å². The van der Waals surface area contributed by atoms with Crippen LogP contribution in [-0.4, -0.2) is 65.2 Å². The molecule has 23 heavy (non-hydrogen) atoms. The van der Waals surface area contributed by atoms with E-state index in [1.807, 2.05) is 16.5 Å². The molecule has 2 amide bonds. The summed E-state index contributed by atoms with van der Waals surface area (Å²) in [4.78, 5) is 28.6. The van der Waals surface area contributed by atoms with Crippen LogP contribution in [0.3, 0.4) is 0 Å². The molecule has 1 aliphatic rings. The quantitative estimate of drug-likeness (QED) is 0.790. The minimum Gasteiger partial charge on any atom is -0.352 e. The molecule has 0 aromatic carbocycles. The summed E-state index contributed by atoms with van der Waals surface area (Å²) in [6.07, 6.45) is 5.16. The summed E-state index contributed by atoms with van der Waals surface area (Å²) < 4.78 is 0. The molecule has 2 N–H and O–H groups in total. The SMILES string of the molecule is O=C(NCCNc1ncccn1)N1CCN(c2nccs2)CC1. The van der Waals surface area contributed by atoms with Crippen LogP contribution < -0.4 is 15.5 Å². The summed E-state index contributed by atoms with van der Waals surface area (Å²) in [7, 11) is 0. The van der Waals surface area contributed by atoms with Crippen LogP contribution in [-0.2, 0) is 0 Å². The van der Waals surface area contributed by atoms with Crippen LogP contribution in [0.1, 0.15) is 0 Å². The number of amides is 2. The Balaban J connectivity index is 1.35. The number of urea groups is 1. The predicted octanol–water partition coefficient (Wildman–Crippen LogP) is 0.877. The Morgan fingerprint density at radius 3 is 2.57 bits per heavy atom. The normalized spacial score (nSPS) is 14.6. The molecule has 0 saturated carbocycles. The number of rotatable bonds is 5. The van der Waals surface area contributed by atoms with Gasteiger partial charge in [0.25, 0.3) is 0 Å². The molecule has 2 aromatic heterocycles. The largest absolute Gasteiger partial charge is 0.352 e. The molecule has 2 aromatic rings. The molecule has 0 radical (unpaired) electrons. The molecule has 9 heteroatoms. The van der Waals surface area contributed by atoms with Crippen LogP contribution in [0.25, 0.3) is 0 Å². The molecule has 0 aliphatic carbocycles. The molecule has 0 atom stereocenters. The highest BCUT2D eigenvalue weighted by Gasteiger charge is 2.21. The summed E-state index contributed by atoms with van der Waals surface area (Å²) in [5.74, 6) is 0.568. The lowest BCUT2D eigenvalue weighted by Crippen LogP contribution is -2.52. The van der Waals surface area contributed by atoms with E-state index < -0.39 is 0 Å². The summed E-state index contributed by atoms with van der Waals surface area (Å²) in [6.45, 7) is 4.17. The van der Waals surface area contributed by atoms with E-state index in [1.54, 1.807) is 29.8 Å². The number of carbonyl (C=O) groups excluding carboxylic acids is 1. The highest BCUT2D eigenvalue weighted by Crippen LogP contribution is 2.18. The summed E-state index contributed by atoms with van der Waals surface area (Å²) in [5.41, 5.74) is 0. The first kappa shape index (κ1) is 15.5. The van der Waals surface area contributed by atoms with Gasteiger partial charge in [-0.2, -0.15) is 0 Å². The Labute approximate surface area is 138 Å². The van der Waals surface area contributed by atoms with E-state index >= 15 is 0 Å². The zero-order valence-corrected chi connectivity index (χ0v) is 13.5. The van der Waals surface area contributed by atoms with E-state index in [1.165, 1.54) is 0 Å². The number of nitrogens with zero attached hydrogens (tertiary/aromatic N) is 5. The minimum atomic E-state index is -0.0282. The van der Waals surface area contributed by atoms with E-state index in [-0.39, 0.29) is 6.03 Å².